The molecule has 0 aromatic heterocycles. The minimum atomic E-state index is -4.26. The summed E-state index contributed by atoms with van der Waals surface area (Å²) in [5.41, 5.74) is 1.68. The lowest BCUT2D eigenvalue weighted by Crippen LogP contribution is -2.55. The van der Waals surface area contributed by atoms with E-state index in [4.69, 9.17) is 4.74 Å². The number of methoxy groups -OCH3 is 1. The predicted molar refractivity (Wildman–Crippen MR) is 180 cm³/mol. The maximum atomic E-state index is 14.6. The molecule has 1 atom stereocenters. The fraction of sp³-hybridized carbons (Fsp3) is 0.297. The van der Waals surface area contributed by atoms with E-state index in [1.807, 2.05) is 36.4 Å². The van der Waals surface area contributed by atoms with Crippen LogP contribution < -0.4 is 14.4 Å². The number of hydrogen-bond donors (Lipinski definition) is 1. The van der Waals surface area contributed by atoms with Crippen LogP contribution in [0.4, 0.5) is 10.1 Å². The van der Waals surface area contributed by atoms with Gasteiger partial charge in [-0.2, -0.15) is 0 Å². The number of hydrogen-bond acceptors (Lipinski definition) is 5. The zero-order valence-electron chi connectivity index (χ0n) is 26.4. The molecule has 1 unspecified atom stereocenters. The zero-order valence-corrected chi connectivity index (χ0v) is 27.2. The Labute approximate surface area is 276 Å². The first-order chi connectivity index (χ1) is 22.7. The van der Waals surface area contributed by atoms with Crippen molar-refractivity contribution in [2.24, 2.45) is 0 Å². The molecule has 2 amide bonds. The Kier molecular flexibility index (Phi) is 11.3. The number of amides is 2. The van der Waals surface area contributed by atoms with Crippen molar-refractivity contribution in [2.75, 3.05) is 18.0 Å². The molecule has 8 nitrogen and oxygen atoms in total. The summed E-state index contributed by atoms with van der Waals surface area (Å²) in [7, 11) is -2.72. The Morgan fingerprint density at radius 2 is 1.49 bits per heavy atom. The van der Waals surface area contributed by atoms with Gasteiger partial charge >= 0.3 is 0 Å². The Morgan fingerprint density at radius 3 is 2.15 bits per heavy atom. The fourth-order valence-electron chi connectivity index (χ4n) is 5.92. The predicted octanol–water partition coefficient (Wildman–Crippen LogP) is 6.12. The third-order valence-corrected chi connectivity index (χ3v) is 10.2. The second kappa shape index (κ2) is 15.7. The Balaban J connectivity index is 1.56. The van der Waals surface area contributed by atoms with Crippen LogP contribution in [0.5, 0.6) is 5.75 Å². The van der Waals surface area contributed by atoms with Gasteiger partial charge in [0.1, 0.15) is 24.2 Å². The van der Waals surface area contributed by atoms with Crippen LogP contribution in [0, 0.1) is 5.82 Å². The summed E-state index contributed by atoms with van der Waals surface area (Å²) in [6, 6.07) is 28.4. The number of nitrogens with zero attached hydrogens (tertiary/aromatic N) is 2. The number of halogens is 1. The standard InChI is InChI=1S/C37H40FN3O5S/c1-46-33-17-11-14-29(24-33)26-40(35(25-28-12-5-2-6-13-28)37(43)39-31-15-7-3-8-16-31)36(42)27-41(32-22-20-30(38)21-23-32)47(44,45)34-18-9-4-10-19-34/h2,4-6,9-14,17-24,31,35H,3,7-8,15-16,25-27H2,1H3,(H,39,43). The summed E-state index contributed by atoms with van der Waals surface area (Å²) in [5.74, 6) is -0.840. The van der Waals surface area contributed by atoms with E-state index in [0.717, 1.165) is 54.1 Å². The molecule has 47 heavy (non-hydrogen) atoms. The topological polar surface area (TPSA) is 96.0 Å². The van der Waals surface area contributed by atoms with E-state index in [1.54, 1.807) is 43.5 Å². The van der Waals surface area contributed by atoms with E-state index in [2.05, 4.69) is 5.32 Å². The van der Waals surface area contributed by atoms with Gasteiger partial charge in [0.05, 0.1) is 17.7 Å². The van der Waals surface area contributed by atoms with Gasteiger partial charge < -0.3 is 15.0 Å². The third kappa shape index (κ3) is 8.77. The highest BCUT2D eigenvalue weighted by Gasteiger charge is 2.35. The van der Waals surface area contributed by atoms with Crippen LogP contribution in [0.15, 0.2) is 114 Å². The van der Waals surface area contributed by atoms with Crippen LogP contribution in [0.3, 0.4) is 0 Å². The molecule has 0 spiro atoms. The van der Waals surface area contributed by atoms with Gasteiger partial charge in [0.15, 0.2) is 0 Å². The van der Waals surface area contributed by atoms with Crippen LogP contribution in [0.25, 0.3) is 0 Å². The number of sulfonamides is 1. The highest BCUT2D eigenvalue weighted by atomic mass is 32.2. The van der Waals surface area contributed by atoms with Gasteiger partial charge in [0, 0.05) is 19.0 Å². The lowest BCUT2D eigenvalue weighted by Gasteiger charge is -2.35. The van der Waals surface area contributed by atoms with Crippen molar-refractivity contribution in [3.8, 4) is 5.75 Å². The molecule has 4 aromatic carbocycles. The van der Waals surface area contributed by atoms with Gasteiger partial charge in [0.25, 0.3) is 10.0 Å². The number of carbonyl (C=O) groups is 2. The van der Waals surface area contributed by atoms with Crippen LogP contribution in [-0.4, -0.2) is 50.9 Å². The number of nitrogens with one attached hydrogen (secondary N) is 1. The van der Waals surface area contributed by atoms with Crippen molar-refractivity contribution in [1.29, 1.82) is 0 Å². The molecule has 0 radical (unpaired) electrons. The Bertz CT molecular complexity index is 1730. The number of anilines is 1. The molecule has 10 heteroatoms. The summed E-state index contributed by atoms with van der Waals surface area (Å²) in [5, 5.41) is 3.20. The third-order valence-electron chi connectivity index (χ3n) is 8.43. The number of ether oxygens (including phenoxy) is 1. The number of benzene rings is 4. The molecule has 1 saturated carbocycles. The second-order valence-corrected chi connectivity index (χ2v) is 13.6. The number of rotatable bonds is 13. The van der Waals surface area contributed by atoms with Crippen molar-refractivity contribution in [1.82, 2.24) is 10.2 Å². The van der Waals surface area contributed by atoms with E-state index >= 15 is 0 Å². The zero-order chi connectivity index (χ0) is 33.2. The molecule has 1 aliphatic rings. The van der Waals surface area contributed by atoms with E-state index in [-0.39, 0.29) is 35.5 Å². The van der Waals surface area contributed by atoms with Gasteiger partial charge in [-0.3, -0.25) is 13.9 Å². The van der Waals surface area contributed by atoms with Crippen molar-refractivity contribution < 1.29 is 27.1 Å². The molecular formula is C37H40FN3O5S. The van der Waals surface area contributed by atoms with E-state index in [1.165, 1.54) is 29.2 Å². The molecule has 0 heterocycles. The van der Waals surface area contributed by atoms with Crippen molar-refractivity contribution in [3.05, 3.63) is 126 Å². The Hall–Kier alpha value is -4.70. The van der Waals surface area contributed by atoms with Gasteiger partial charge in [-0.05, 0) is 72.5 Å². The van der Waals surface area contributed by atoms with Gasteiger partial charge in [0.2, 0.25) is 11.8 Å². The smallest absolute Gasteiger partial charge is 0.264 e. The van der Waals surface area contributed by atoms with Gasteiger partial charge in [-0.1, -0.05) is 79.9 Å². The van der Waals surface area contributed by atoms with Gasteiger partial charge in [-0.25, -0.2) is 12.8 Å². The second-order valence-electron chi connectivity index (χ2n) is 11.7. The summed E-state index contributed by atoms with van der Waals surface area (Å²) < 4.78 is 48.4. The molecule has 0 aliphatic heterocycles. The van der Waals surface area contributed by atoms with Crippen LogP contribution >= 0.6 is 0 Å². The minimum Gasteiger partial charge on any atom is -0.497 e. The SMILES string of the molecule is COc1cccc(CN(C(=O)CN(c2ccc(F)cc2)S(=O)(=O)c2ccccc2)C(Cc2ccccc2)C(=O)NC2CCCCC2)c1. The lowest BCUT2D eigenvalue weighted by molar-refractivity contribution is -0.140. The molecule has 1 aliphatic carbocycles. The molecule has 246 valence electrons. The number of carbonyl (C=O) groups excluding carboxylic acids is 2. The largest absolute Gasteiger partial charge is 0.497 e. The highest BCUT2D eigenvalue weighted by Crippen LogP contribution is 2.26. The molecule has 1 N–H and O–H groups in total. The average Bonchev–Trinajstić information content (AvgIpc) is 3.10. The highest BCUT2D eigenvalue weighted by molar-refractivity contribution is 7.92. The molecule has 4 aromatic rings. The van der Waals surface area contributed by atoms with Crippen LogP contribution in [0.1, 0.15) is 43.2 Å². The molecule has 0 bridgehead atoms. The van der Waals surface area contributed by atoms with E-state index in [9.17, 15) is 22.4 Å². The minimum absolute atomic E-state index is 0.00235. The first-order valence-corrected chi connectivity index (χ1v) is 17.3. The molecule has 1 fully saturated rings. The average molecular weight is 658 g/mol. The quantitative estimate of drug-likeness (QED) is 0.187. The van der Waals surface area contributed by atoms with Crippen molar-refractivity contribution in [2.45, 2.75) is 62.0 Å². The van der Waals surface area contributed by atoms with E-state index < -0.39 is 34.3 Å². The fourth-order valence-corrected chi connectivity index (χ4v) is 7.36. The Morgan fingerprint density at radius 1 is 0.851 bits per heavy atom. The summed E-state index contributed by atoms with van der Waals surface area (Å²) in [4.78, 5) is 30.2. The molecule has 0 saturated heterocycles. The van der Waals surface area contributed by atoms with Gasteiger partial charge in [-0.15, -0.1) is 0 Å². The van der Waals surface area contributed by atoms with E-state index in [0.29, 0.717) is 11.3 Å². The lowest BCUT2D eigenvalue weighted by atomic mass is 9.94. The maximum Gasteiger partial charge on any atom is 0.264 e. The first kappa shape index (κ1) is 33.7. The summed E-state index contributed by atoms with van der Waals surface area (Å²) >= 11 is 0. The summed E-state index contributed by atoms with van der Waals surface area (Å²) in [6.07, 6.45) is 5.10. The molecular weight excluding hydrogens is 617 g/mol. The van der Waals surface area contributed by atoms with Crippen LogP contribution in [0.2, 0.25) is 0 Å². The normalized spacial score (nSPS) is 14.2. The molecule has 5 rings (SSSR count). The monoisotopic (exact) mass is 657 g/mol. The van der Waals surface area contributed by atoms with Crippen molar-refractivity contribution >= 4 is 27.5 Å². The van der Waals surface area contributed by atoms with Crippen LogP contribution in [-0.2, 0) is 32.6 Å². The summed E-state index contributed by atoms with van der Waals surface area (Å²) in [6.45, 7) is -0.594. The first-order valence-electron chi connectivity index (χ1n) is 15.8. The maximum absolute atomic E-state index is 14.6. The van der Waals surface area contributed by atoms with Crippen molar-refractivity contribution in [3.63, 3.8) is 0 Å².